The summed E-state index contributed by atoms with van der Waals surface area (Å²) in [6.45, 7) is 0.460. The molecule has 500 valence electrons. The number of amides is 9. The van der Waals surface area contributed by atoms with Crippen LogP contribution in [0.3, 0.4) is 0 Å². The standard InChI is InChI=1S/C65H85N13O15/c1-90-52-26-22-40(34-44(52)57(70)81)71-63(87)49(18-8-5-12-30-66)78-61(85)47-37-43(25-29-55(47)93-38-56(79)80)74-65(89)51(21-11-15-33-69)77-60(84)46-36-42(24-28-54(46)92-3)73-64(88)50(20-10-14-32-68)76-59(83)45-35-41(23-27-53(45)91-2)72-62(86)48(19-9-13-31-67)75-58(82)39-16-6-4-7-17-39/h4,6-7,16-17,22-29,34-37,48-51H,5,8-15,18-21,30-33,38,66-69H2,1-3H3,(H2,70,81)(H,71,87)(H,72,86)(H,73,88)(H,74,89)(H,75,82)(H,76,83)(H,77,84)(H,78,85)(H,79,80)/t48-,49-,50-,51-/m0/s1. The number of nitrogens with two attached hydrogens (primary N) is 5. The average Bonchev–Trinajstić information content (AvgIpc) is 1.26. The molecule has 0 aromatic heterocycles. The van der Waals surface area contributed by atoms with Crippen LogP contribution in [-0.4, -0.2) is 143 Å². The van der Waals surface area contributed by atoms with Crippen LogP contribution in [0, 0.1) is 0 Å². The van der Waals surface area contributed by atoms with Gasteiger partial charge in [-0.25, -0.2) is 4.79 Å². The third-order valence-corrected chi connectivity index (χ3v) is 14.6. The van der Waals surface area contributed by atoms with E-state index in [2.05, 4.69) is 42.5 Å². The maximum Gasteiger partial charge on any atom is 0.341 e. The van der Waals surface area contributed by atoms with Crippen LogP contribution in [0.25, 0.3) is 0 Å². The Hall–Kier alpha value is -10.2. The molecule has 0 unspecified atom stereocenters. The van der Waals surface area contributed by atoms with Crippen molar-refractivity contribution in [2.75, 3.05) is 75.4 Å². The van der Waals surface area contributed by atoms with Crippen molar-refractivity contribution < 1.29 is 72.0 Å². The molecule has 0 bridgehead atoms. The Balaban J connectivity index is 1.36. The topological polar surface area (TPSA) is 454 Å². The monoisotopic (exact) mass is 1290 g/mol. The average molecular weight is 1290 g/mol. The molecule has 0 aliphatic heterocycles. The van der Waals surface area contributed by atoms with E-state index in [0.717, 1.165) is 0 Å². The molecule has 0 spiro atoms. The van der Waals surface area contributed by atoms with Crippen LogP contribution >= 0.6 is 0 Å². The number of rotatable bonds is 40. The second-order valence-electron chi connectivity index (χ2n) is 21.4. The molecule has 0 aliphatic rings. The lowest BCUT2D eigenvalue weighted by Gasteiger charge is -2.22. The molecule has 0 saturated carbocycles. The number of primary amides is 1. The van der Waals surface area contributed by atoms with Crippen LogP contribution in [0.2, 0.25) is 0 Å². The van der Waals surface area contributed by atoms with Crippen molar-refractivity contribution >= 4 is 81.9 Å². The van der Waals surface area contributed by atoms with Crippen molar-refractivity contribution in [1.29, 1.82) is 0 Å². The van der Waals surface area contributed by atoms with Crippen molar-refractivity contribution in [3.63, 3.8) is 0 Å². The first-order valence-corrected chi connectivity index (χ1v) is 30.4. The Bertz CT molecular complexity index is 3390. The second kappa shape index (κ2) is 38.5. The minimum Gasteiger partial charge on any atom is -0.496 e. The zero-order chi connectivity index (χ0) is 67.8. The number of hydrogen-bond acceptors (Lipinski definition) is 18. The molecule has 93 heavy (non-hydrogen) atoms. The molecule has 28 nitrogen and oxygen atoms in total. The molecule has 28 heteroatoms. The quantitative estimate of drug-likeness (QED) is 0.0245. The van der Waals surface area contributed by atoms with Crippen LogP contribution in [-0.2, 0) is 24.0 Å². The van der Waals surface area contributed by atoms with Gasteiger partial charge >= 0.3 is 5.97 Å². The Kier molecular flexibility index (Phi) is 30.5. The molecule has 0 radical (unpaired) electrons. The summed E-state index contributed by atoms with van der Waals surface area (Å²) in [7, 11) is 4.01. The number of anilines is 4. The fraction of sp³-hybridized carbons (Fsp3) is 0.385. The molecule has 9 amide bonds. The zero-order valence-corrected chi connectivity index (χ0v) is 52.4. The maximum absolute atomic E-state index is 14.4. The third-order valence-electron chi connectivity index (χ3n) is 14.6. The number of methoxy groups -OCH3 is 3. The minimum absolute atomic E-state index is 0.00433. The molecule has 4 atom stereocenters. The van der Waals surface area contributed by atoms with Gasteiger partial charge in [-0.1, -0.05) is 31.0 Å². The lowest BCUT2D eigenvalue weighted by atomic mass is 10.0. The number of nitrogens with one attached hydrogen (secondary N) is 8. The van der Waals surface area contributed by atoms with Gasteiger partial charge in [-0.2, -0.15) is 0 Å². The predicted octanol–water partition coefficient (Wildman–Crippen LogP) is 4.13. The number of unbranched alkanes of at least 4 members (excludes halogenated alkanes) is 5. The summed E-state index contributed by atoms with van der Waals surface area (Å²) in [6, 6.07) is 20.4. The predicted molar refractivity (Wildman–Crippen MR) is 349 cm³/mol. The summed E-state index contributed by atoms with van der Waals surface area (Å²) in [5.74, 6) is -7.62. The normalized spacial score (nSPS) is 12.1. The number of hydrogen-bond donors (Lipinski definition) is 14. The number of ether oxygens (including phenoxy) is 4. The van der Waals surface area contributed by atoms with E-state index in [-0.39, 0.29) is 100 Å². The van der Waals surface area contributed by atoms with Gasteiger partial charge in [-0.3, -0.25) is 43.2 Å². The number of carbonyl (C=O) groups excluding carboxylic acids is 9. The van der Waals surface area contributed by atoms with Gasteiger partial charge in [0.2, 0.25) is 23.6 Å². The molecule has 5 rings (SSSR count). The van der Waals surface area contributed by atoms with Crippen molar-refractivity contribution in [2.45, 2.75) is 108 Å². The molecular weight excluding hydrogens is 1200 g/mol. The van der Waals surface area contributed by atoms with E-state index in [1.165, 1.54) is 94.1 Å². The van der Waals surface area contributed by atoms with E-state index in [9.17, 15) is 53.1 Å². The molecule has 0 fully saturated rings. The second-order valence-corrected chi connectivity index (χ2v) is 21.4. The van der Waals surface area contributed by atoms with Crippen LogP contribution in [0.4, 0.5) is 22.7 Å². The first kappa shape index (κ1) is 73.6. The lowest BCUT2D eigenvalue weighted by molar-refractivity contribution is -0.139. The number of benzene rings is 5. The van der Waals surface area contributed by atoms with Crippen LogP contribution in [0.15, 0.2) is 103 Å². The summed E-state index contributed by atoms with van der Waals surface area (Å²) < 4.78 is 21.8. The zero-order valence-electron chi connectivity index (χ0n) is 52.4. The van der Waals surface area contributed by atoms with Gasteiger partial charge < -0.3 is 95.3 Å². The number of carbonyl (C=O) groups is 10. The highest BCUT2D eigenvalue weighted by Crippen LogP contribution is 2.29. The number of carboxylic acid groups (broad SMARTS) is 1. The minimum atomic E-state index is -1.36. The largest absolute Gasteiger partial charge is 0.496 e. The summed E-state index contributed by atoms with van der Waals surface area (Å²) in [5, 5.41) is 31.5. The molecule has 5 aromatic carbocycles. The fourth-order valence-corrected chi connectivity index (χ4v) is 9.64. The van der Waals surface area contributed by atoms with Gasteiger partial charge in [0.1, 0.15) is 47.2 Å². The smallest absolute Gasteiger partial charge is 0.341 e. The highest BCUT2D eigenvalue weighted by atomic mass is 16.5. The molecule has 0 heterocycles. The number of carboxylic acids is 1. The van der Waals surface area contributed by atoms with Crippen molar-refractivity contribution in [1.82, 2.24) is 21.3 Å². The molecule has 0 saturated heterocycles. The maximum atomic E-state index is 14.4. The van der Waals surface area contributed by atoms with Crippen LogP contribution in [0.5, 0.6) is 23.0 Å². The van der Waals surface area contributed by atoms with E-state index in [4.69, 9.17) is 47.6 Å². The Morgan fingerprint density at radius 1 is 0.387 bits per heavy atom. The SMILES string of the molecule is COc1ccc(NC(=O)[C@H](CCCCCN)NC(=O)c2cc(NC(=O)[C@H](CCCCN)NC(=O)c3cc(NC(=O)[C@H](CCCCN)NC(=O)c4cc(NC(=O)[C@H](CCCCN)NC(=O)c5ccccc5)ccc4OC)ccc3OC)ccc2OCC(=O)O)cc1C(N)=O. The van der Waals surface area contributed by atoms with Gasteiger partial charge in [0.15, 0.2) is 6.61 Å². The molecule has 19 N–H and O–H groups in total. The van der Waals surface area contributed by atoms with Crippen LogP contribution in [0.1, 0.15) is 135 Å². The van der Waals surface area contributed by atoms with Gasteiger partial charge in [-0.05, 0) is 182 Å². The summed E-state index contributed by atoms with van der Waals surface area (Å²) in [6.07, 6.45) is 5.13. The Labute approximate surface area is 538 Å². The van der Waals surface area contributed by atoms with E-state index >= 15 is 0 Å². The van der Waals surface area contributed by atoms with Gasteiger partial charge in [-0.15, -0.1) is 0 Å². The highest BCUT2D eigenvalue weighted by molar-refractivity contribution is 6.08. The molecular formula is C65H85N13O15. The summed E-state index contributed by atoms with van der Waals surface area (Å²) in [4.78, 5) is 136. The first-order valence-electron chi connectivity index (χ1n) is 30.4. The van der Waals surface area contributed by atoms with Crippen LogP contribution < -0.4 is 90.2 Å². The first-order chi connectivity index (χ1) is 44.8. The van der Waals surface area contributed by atoms with Crippen molar-refractivity contribution in [3.8, 4) is 23.0 Å². The van der Waals surface area contributed by atoms with Gasteiger partial charge in [0.05, 0.1) is 43.6 Å². The Morgan fingerprint density at radius 2 is 0.688 bits per heavy atom. The Morgan fingerprint density at radius 3 is 1.02 bits per heavy atom. The molecule has 0 aliphatic carbocycles. The van der Waals surface area contributed by atoms with E-state index in [1.54, 1.807) is 30.3 Å². The van der Waals surface area contributed by atoms with Gasteiger partial charge in [0.25, 0.3) is 29.5 Å². The summed E-state index contributed by atoms with van der Waals surface area (Å²) >= 11 is 0. The lowest BCUT2D eigenvalue weighted by Crippen LogP contribution is -2.44. The third kappa shape index (κ3) is 23.2. The summed E-state index contributed by atoms with van der Waals surface area (Å²) in [5.41, 5.74) is 29.0. The fourth-order valence-electron chi connectivity index (χ4n) is 9.64. The number of aliphatic carboxylic acids is 1. The van der Waals surface area contributed by atoms with E-state index in [1.807, 2.05) is 0 Å². The van der Waals surface area contributed by atoms with Crippen molar-refractivity contribution in [2.24, 2.45) is 28.7 Å². The van der Waals surface area contributed by atoms with E-state index in [0.29, 0.717) is 83.0 Å². The van der Waals surface area contributed by atoms with Gasteiger partial charge in [0, 0.05) is 28.3 Å². The highest BCUT2D eigenvalue weighted by Gasteiger charge is 2.30. The van der Waals surface area contributed by atoms with E-state index < -0.39 is 89.9 Å². The molecule has 5 aromatic rings. The van der Waals surface area contributed by atoms with Crippen molar-refractivity contribution in [3.05, 3.63) is 131 Å².